The molecule has 0 aliphatic carbocycles. The number of carboxylic acid groups (broad SMARTS) is 1. The van der Waals surface area contributed by atoms with Crippen LogP contribution >= 0.6 is 27.3 Å². The van der Waals surface area contributed by atoms with Gasteiger partial charge in [0.25, 0.3) is 0 Å². The molecule has 10 heteroatoms. The van der Waals surface area contributed by atoms with E-state index in [1.165, 1.54) is 0 Å². The fourth-order valence-corrected chi connectivity index (χ4v) is 5.25. The quantitative estimate of drug-likeness (QED) is 0.541. The van der Waals surface area contributed by atoms with Gasteiger partial charge in [0, 0.05) is 10.0 Å². The van der Waals surface area contributed by atoms with Crippen molar-refractivity contribution in [3.05, 3.63) is 63.1 Å². The molecule has 0 saturated heterocycles. The average molecular weight is 483 g/mol. The van der Waals surface area contributed by atoms with Crippen LogP contribution in [0.15, 0.2) is 51.3 Å². The number of carbonyl (C=O) groups is 1. The summed E-state index contributed by atoms with van der Waals surface area (Å²) in [5.74, 6) is -0.461. The largest absolute Gasteiger partial charge is 0.481 e. The normalized spacial score (nSPS) is 11.4. The molecule has 28 heavy (non-hydrogen) atoms. The van der Waals surface area contributed by atoms with Gasteiger partial charge in [-0.05, 0) is 42.8 Å². The van der Waals surface area contributed by atoms with E-state index >= 15 is 0 Å². The Labute approximate surface area is 174 Å². The summed E-state index contributed by atoms with van der Waals surface area (Å²) in [6.07, 6.45) is -0.130. The number of benzene rings is 2. The highest BCUT2D eigenvalue weighted by molar-refractivity contribution is 9.10. The number of aliphatic carboxylic acids is 1. The third-order valence-corrected chi connectivity index (χ3v) is 7.07. The molecule has 0 unspecified atom stereocenters. The molecule has 0 aliphatic rings. The first-order valence-corrected chi connectivity index (χ1v) is 11.3. The fraction of sp³-hybridized carbons (Fsp3) is 0.167. The standard InChI is InChI=1S/C18H15BrN2O5S2/c1-11-20-21-18(27-11)28(24,25)10-13-9-14(19)5-6-16(13)26-15-4-2-3-12(7-15)8-17(22)23/h2-7,9H,8,10H2,1H3,(H,22,23). The van der Waals surface area contributed by atoms with Gasteiger partial charge in [0.15, 0.2) is 0 Å². The first kappa shape index (κ1) is 20.4. The predicted molar refractivity (Wildman–Crippen MR) is 108 cm³/mol. The lowest BCUT2D eigenvalue weighted by Crippen LogP contribution is -2.06. The third kappa shape index (κ3) is 5.15. The zero-order valence-corrected chi connectivity index (χ0v) is 17.8. The summed E-state index contributed by atoms with van der Waals surface area (Å²) in [5, 5.41) is 17.0. The van der Waals surface area contributed by atoms with E-state index in [4.69, 9.17) is 9.84 Å². The van der Waals surface area contributed by atoms with Crippen molar-refractivity contribution in [1.29, 1.82) is 0 Å². The molecule has 0 radical (unpaired) electrons. The molecule has 1 heterocycles. The van der Waals surface area contributed by atoms with Crippen molar-refractivity contribution in [2.75, 3.05) is 0 Å². The second-order valence-corrected chi connectivity index (χ2v) is 10.2. The maximum atomic E-state index is 12.7. The van der Waals surface area contributed by atoms with Crippen LogP contribution in [0.5, 0.6) is 11.5 Å². The Balaban J connectivity index is 1.90. The zero-order valence-electron chi connectivity index (χ0n) is 14.6. The van der Waals surface area contributed by atoms with E-state index in [2.05, 4.69) is 26.1 Å². The number of nitrogens with zero attached hydrogens (tertiary/aromatic N) is 2. The lowest BCUT2D eigenvalue weighted by molar-refractivity contribution is -0.136. The van der Waals surface area contributed by atoms with E-state index in [0.29, 0.717) is 32.1 Å². The van der Waals surface area contributed by atoms with E-state index in [-0.39, 0.29) is 16.5 Å². The monoisotopic (exact) mass is 482 g/mol. The molecule has 0 saturated carbocycles. The number of rotatable bonds is 7. The minimum Gasteiger partial charge on any atom is -0.481 e. The number of halogens is 1. The number of hydrogen-bond donors (Lipinski definition) is 1. The molecule has 0 bridgehead atoms. The van der Waals surface area contributed by atoms with Crippen LogP contribution in [0.25, 0.3) is 0 Å². The number of carboxylic acids is 1. The number of sulfone groups is 1. The minimum absolute atomic E-state index is 0.0422. The van der Waals surface area contributed by atoms with Crippen LogP contribution in [-0.2, 0) is 26.8 Å². The van der Waals surface area contributed by atoms with Crippen LogP contribution in [-0.4, -0.2) is 29.7 Å². The van der Waals surface area contributed by atoms with Crippen molar-refractivity contribution in [2.24, 2.45) is 0 Å². The molecular formula is C18H15BrN2O5S2. The van der Waals surface area contributed by atoms with Crippen LogP contribution in [0, 0.1) is 6.92 Å². The molecular weight excluding hydrogens is 468 g/mol. The smallest absolute Gasteiger partial charge is 0.307 e. The molecule has 0 atom stereocenters. The Hall–Kier alpha value is -2.30. The maximum Gasteiger partial charge on any atom is 0.307 e. The van der Waals surface area contributed by atoms with Gasteiger partial charge in [0.2, 0.25) is 14.2 Å². The van der Waals surface area contributed by atoms with Crippen molar-refractivity contribution in [2.45, 2.75) is 23.4 Å². The third-order valence-electron chi connectivity index (χ3n) is 3.62. The SMILES string of the molecule is Cc1nnc(S(=O)(=O)Cc2cc(Br)ccc2Oc2cccc(CC(=O)O)c2)s1. The molecule has 0 aliphatic heterocycles. The maximum absolute atomic E-state index is 12.7. The molecule has 146 valence electrons. The van der Waals surface area contributed by atoms with E-state index < -0.39 is 15.8 Å². The van der Waals surface area contributed by atoms with Gasteiger partial charge in [-0.3, -0.25) is 4.79 Å². The number of aryl methyl sites for hydroxylation is 1. The molecule has 2 aromatic carbocycles. The summed E-state index contributed by atoms with van der Waals surface area (Å²) in [6.45, 7) is 1.69. The lowest BCUT2D eigenvalue weighted by atomic mass is 10.1. The first-order valence-electron chi connectivity index (χ1n) is 8.03. The topological polar surface area (TPSA) is 106 Å². The van der Waals surface area contributed by atoms with Gasteiger partial charge in [0.1, 0.15) is 16.5 Å². The Morgan fingerprint density at radius 2 is 2.00 bits per heavy atom. The molecule has 1 N–H and O–H groups in total. The van der Waals surface area contributed by atoms with Crippen LogP contribution in [0.3, 0.4) is 0 Å². The second-order valence-electron chi connectivity index (χ2n) is 5.92. The molecule has 1 aromatic heterocycles. The highest BCUT2D eigenvalue weighted by Gasteiger charge is 2.22. The van der Waals surface area contributed by atoms with Crippen molar-refractivity contribution < 1.29 is 23.1 Å². The van der Waals surface area contributed by atoms with Crippen molar-refractivity contribution in [3.8, 4) is 11.5 Å². The van der Waals surface area contributed by atoms with Crippen molar-refractivity contribution in [1.82, 2.24) is 10.2 Å². The highest BCUT2D eigenvalue weighted by Crippen LogP contribution is 2.31. The van der Waals surface area contributed by atoms with Crippen LogP contribution < -0.4 is 4.74 Å². The van der Waals surface area contributed by atoms with Crippen LogP contribution in [0.4, 0.5) is 0 Å². The molecule has 0 fully saturated rings. The van der Waals surface area contributed by atoms with Gasteiger partial charge in [0.05, 0.1) is 12.2 Å². The van der Waals surface area contributed by atoms with E-state index in [0.717, 1.165) is 11.3 Å². The van der Waals surface area contributed by atoms with Crippen LogP contribution in [0.2, 0.25) is 0 Å². The predicted octanol–water partition coefficient (Wildman–Crippen LogP) is 4.00. The van der Waals surface area contributed by atoms with Crippen molar-refractivity contribution in [3.63, 3.8) is 0 Å². The van der Waals surface area contributed by atoms with Crippen molar-refractivity contribution >= 4 is 43.1 Å². The Morgan fingerprint density at radius 3 is 2.68 bits per heavy atom. The molecule has 0 spiro atoms. The minimum atomic E-state index is -3.68. The van der Waals surface area contributed by atoms with E-state index in [9.17, 15) is 13.2 Å². The molecule has 3 rings (SSSR count). The molecule has 0 amide bonds. The average Bonchev–Trinajstić information content (AvgIpc) is 3.04. The van der Waals surface area contributed by atoms with Gasteiger partial charge < -0.3 is 9.84 Å². The Bertz CT molecular complexity index is 1130. The summed E-state index contributed by atoms with van der Waals surface area (Å²) in [7, 11) is -3.68. The van der Waals surface area contributed by atoms with Gasteiger partial charge in [-0.15, -0.1) is 10.2 Å². The van der Waals surface area contributed by atoms with Gasteiger partial charge in [-0.2, -0.15) is 0 Å². The number of aromatic nitrogens is 2. The van der Waals surface area contributed by atoms with Gasteiger partial charge >= 0.3 is 5.97 Å². The Kier molecular flexibility index (Phi) is 6.11. The summed E-state index contributed by atoms with van der Waals surface area (Å²) in [6, 6.07) is 11.7. The van der Waals surface area contributed by atoms with Crippen LogP contribution in [0.1, 0.15) is 16.1 Å². The van der Waals surface area contributed by atoms with E-state index in [1.807, 2.05) is 0 Å². The first-order chi connectivity index (χ1) is 13.2. The zero-order chi connectivity index (χ0) is 20.3. The number of ether oxygens (including phenoxy) is 1. The second kappa shape index (κ2) is 8.38. The lowest BCUT2D eigenvalue weighted by Gasteiger charge is -2.12. The highest BCUT2D eigenvalue weighted by atomic mass is 79.9. The molecule has 3 aromatic rings. The van der Waals surface area contributed by atoms with E-state index in [1.54, 1.807) is 49.4 Å². The summed E-state index contributed by atoms with van der Waals surface area (Å²) >= 11 is 4.36. The fourth-order valence-electron chi connectivity index (χ4n) is 2.45. The number of hydrogen-bond acceptors (Lipinski definition) is 7. The summed E-state index contributed by atoms with van der Waals surface area (Å²) < 4.78 is 31.9. The van der Waals surface area contributed by atoms with Gasteiger partial charge in [-0.1, -0.05) is 39.4 Å². The summed E-state index contributed by atoms with van der Waals surface area (Å²) in [4.78, 5) is 10.9. The summed E-state index contributed by atoms with van der Waals surface area (Å²) in [5.41, 5.74) is 1.03. The Morgan fingerprint density at radius 1 is 1.21 bits per heavy atom. The molecule has 7 nitrogen and oxygen atoms in total. The van der Waals surface area contributed by atoms with Gasteiger partial charge in [-0.25, -0.2) is 8.42 Å².